The molecule has 2 aromatic carbocycles. The van der Waals surface area contributed by atoms with Crippen LogP contribution in [0.2, 0.25) is 5.02 Å². The number of amides is 1. The van der Waals surface area contributed by atoms with Gasteiger partial charge in [0, 0.05) is 10.6 Å². The van der Waals surface area contributed by atoms with Crippen molar-refractivity contribution >= 4 is 51.5 Å². The van der Waals surface area contributed by atoms with E-state index in [0.29, 0.717) is 39.8 Å². The molecular formula is C27H25ClN2O6S. The average molecular weight is 541 g/mol. The van der Waals surface area contributed by atoms with E-state index in [1.165, 1.54) is 4.90 Å². The number of thiazole rings is 1. The lowest BCUT2D eigenvalue weighted by molar-refractivity contribution is -0.132. The number of esters is 1. The maximum atomic E-state index is 13.4. The third kappa shape index (κ3) is 4.97. The molecule has 1 aromatic heterocycles. The highest BCUT2D eigenvalue weighted by Gasteiger charge is 2.48. The Bertz CT molecular complexity index is 1410. The second kappa shape index (κ2) is 10.7. The van der Waals surface area contributed by atoms with E-state index < -0.39 is 23.7 Å². The van der Waals surface area contributed by atoms with Crippen LogP contribution in [-0.2, 0) is 14.3 Å². The highest BCUT2D eigenvalue weighted by Crippen LogP contribution is 2.44. The molecule has 4 rings (SSSR count). The first-order valence-electron chi connectivity index (χ1n) is 11.6. The quantitative estimate of drug-likeness (QED) is 0.179. The van der Waals surface area contributed by atoms with Gasteiger partial charge in [0.05, 0.1) is 30.5 Å². The molecule has 0 spiro atoms. The zero-order valence-electron chi connectivity index (χ0n) is 20.7. The molecule has 1 amide bonds. The fourth-order valence-corrected chi connectivity index (χ4v) is 5.28. The summed E-state index contributed by atoms with van der Waals surface area (Å²) in [5, 5.41) is 12.0. The van der Waals surface area contributed by atoms with Gasteiger partial charge in [-0.05, 0) is 69.2 Å². The number of nitrogens with zero attached hydrogens (tertiary/aromatic N) is 2. The van der Waals surface area contributed by atoms with E-state index in [-0.39, 0.29) is 27.9 Å². The summed E-state index contributed by atoms with van der Waals surface area (Å²) in [6.07, 6.45) is 0. The van der Waals surface area contributed by atoms with Crippen molar-refractivity contribution < 1.29 is 29.0 Å². The normalized spacial score (nSPS) is 16.8. The third-order valence-corrected chi connectivity index (χ3v) is 7.24. The van der Waals surface area contributed by atoms with E-state index >= 15 is 0 Å². The molecule has 1 atom stereocenters. The second-order valence-corrected chi connectivity index (χ2v) is 9.68. The van der Waals surface area contributed by atoms with Crippen LogP contribution in [0.5, 0.6) is 5.75 Å². The second-order valence-electron chi connectivity index (χ2n) is 8.26. The number of hydrogen-bond donors (Lipinski definition) is 1. The van der Waals surface area contributed by atoms with Crippen LogP contribution >= 0.6 is 22.9 Å². The predicted octanol–water partition coefficient (Wildman–Crippen LogP) is 5.62. The first-order valence-corrected chi connectivity index (χ1v) is 12.8. The molecule has 0 radical (unpaired) electrons. The average Bonchev–Trinajstić information content (AvgIpc) is 3.36. The highest BCUT2D eigenvalue weighted by molar-refractivity contribution is 7.17. The Morgan fingerprint density at radius 1 is 1.11 bits per heavy atom. The summed E-state index contributed by atoms with van der Waals surface area (Å²) in [6.45, 7) is 7.63. The Balaban J connectivity index is 1.90. The number of Topliss-reactive ketones (excluding diaryl/α,β-unsaturated/α-hetero) is 1. The van der Waals surface area contributed by atoms with Gasteiger partial charge in [0.15, 0.2) is 5.13 Å². The number of hydrogen-bond acceptors (Lipinski definition) is 8. The number of ether oxygens (including phenoxy) is 2. The lowest BCUT2D eigenvalue weighted by Crippen LogP contribution is -2.29. The number of carbonyl (C=O) groups excluding carboxylic acids is 3. The summed E-state index contributed by atoms with van der Waals surface area (Å²) in [5.74, 6) is -1.99. The van der Waals surface area contributed by atoms with Crippen LogP contribution in [0.25, 0.3) is 5.76 Å². The Morgan fingerprint density at radius 3 is 2.43 bits per heavy atom. The van der Waals surface area contributed by atoms with E-state index in [0.717, 1.165) is 11.3 Å². The maximum absolute atomic E-state index is 13.4. The van der Waals surface area contributed by atoms with Crippen molar-refractivity contribution in [3.8, 4) is 5.75 Å². The van der Waals surface area contributed by atoms with E-state index in [4.69, 9.17) is 21.1 Å². The van der Waals surface area contributed by atoms with Gasteiger partial charge >= 0.3 is 11.9 Å². The van der Waals surface area contributed by atoms with E-state index in [9.17, 15) is 19.5 Å². The first-order chi connectivity index (χ1) is 17.7. The number of rotatable bonds is 7. The summed E-state index contributed by atoms with van der Waals surface area (Å²) in [7, 11) is 0. The lowest BCUT2D eigenvalue weighted by Gasteiger charge is -2.23. The van der Waals surface area contributed by atoms with Crippen LogP contribution in [0.3, 0.4) is 0 Å². The number of aliphatic hydroxyl groups is 1. The first kappa shape index (κ1) is 26.4. The zero-order valence-corrected chi connectivity index (χ0v) is 22.3. The molecule has 3 aromatic rings. The molecule has 0 saturated carbocycles. The smallest absolute Gasteiger partial charge is 0.350 e. The van der Waals surface area contributed by atoms with Gasteiger partial charge in [0.2, 0.25) is 0 Å². The van der Waals surface area contributed by atoms with Crippen LogP contribution in [-0.4, -0.2) is 41.0 Å². The largest absolute Gasteiger partial charge is 0.507 e. The fourth-order valence-electron chi connectivity index (χ4n) is 4.16. The highest BCUT2D eigenvalue weighted by atomic mass is 35.5. The maximum Gasteiger partial charge on any atom is 0.350 e. The molecule has 0 unspecified atom stereocenters. The number of aliphatic hydroxyl groups excluding tert-OH is 1. The molecule has 1 fully saturated rings. The van der Waals surface area contributed by atoms with Crippen molar-refractivity contribution in [3.63, 3.8) is 0 Å². The minimum atomic E-state index is -0.996. The summed E-state index contributed by atoms with van der Waals surface area (Å²) in [6, 6.07) is 10.7. The lowest BCUT2D eigenvalue weighted by atomic mass is 9.94. The van der Waals surface area contributed by atoms with Crippen molar-refractivity contribution in [2.24, 2.45) is 0 Å². The number of aryl methyl sites for hydroxylation is 2. The molecule has 1 N–H and O–H groups in total. The summed E-state index contributed by atoms with van der Waals surface area (Å²) in [4.78, 5) is 45.0. The van der Waals surface area contributed by atoms with Gasteiger partial charge < -0.3 is 14.6 Å². The van der Waals surface area contributed by atoms with Crippen molar-refractivity contribution in [2.75, 3.05) is 18.1 Å². The molecule has 1 aliphatic rings. The van der Waals surface area contributed by atoms with Crippen LogP contribution in [0.15, 0.2) is 48.0 Å². The molecule has 1 saturated heterocycles. The molecular weight excluding hydrogens is 516 g/mol. The molecule has 2 heterocycles. The number of halogens is 1. The SMILES string of the molecule is CCOC(=O)c1sc(N2C(=O)C(=O)C(=C(O)c3ccc(OCC)cc3C)[C@H]2c2ccc(Cl)cc2)nc1C. The van der Waals surface area contributed by atoms with E-state index in [1.54, 1.807) is 63.2 Å². The van der Waals surface area contributed by atoms with Crippen molar-refractivity contribution in [1.29, 1.82) is 0 Å². The van der Waals surface area contributed by atoms with Crippen molar-refractivity contribution in [1.82, 2.24) is 4.98 Å². The van der Waals surface area contributed by atoms with Gasteiger partial charge in [-0.25, -0.2) is 9.78 Å². The molecule has 10 heteroatoms. The summed E-state index contributed by atoms with van der Waals surface area (Å²) < 4.78 is 10.6. The van der Waals surface area contributed by atoms with Crippen LogP contribution in [0.4, 0.5) is 5.13 Å². The zero-order chi connectivity index (χ0) is 26.9. The third-order valence-electron chi connectivity index (χ3n) is 5.85. The fraction of sp³-hybridized carbons (Fsp3) is 0.259. The molecule has 1 aliphatic heterocycles. The van der Waals surface area contributed by atoms with E-state index in [2.05, 4.69) is 4.98 Å². The molecule has 0 bridgehead atoms. The predicted molar refractivity (Wildman–Crippen MR) is 141 cm³/mol. The van der Waals surface area contributed by atoms with Crippen LogP contribution < -0.4 is 9.64 Å². The number of aromatic nitrogens is 1. The molecule has 0 aliphatic carbocycles. The Hall–Kier alpha value is -3.69. The van der Waals surface area contributed by atoms with Gasteiger partial charge in [0.1, 0.15) is 16.4 Å². The molecule has 37 heavy (non-hydrogen) atoms. The van der Waals surface area contributed by atoms with E-state index in [1.807, 2.05) is 6.92 Å². The number of anilines is 1. The van der Waals surface area contributed by atoms with Crippen LogP contribution in [0, 0.1) is 13.8 Å². The van der Waals surface area contributed by atoms with Crippen molar-refractivity contribution in [2.45, 2.75) is 33.7 Å². The minimum absolute atomic E-state index is 0.0925. The van der Waals surface area contributed by atoms with Gasteiger partial charge in [-0.1, -0.05) is 35.1 Å². The summed E-state index contributed by atoms with van der Waals surface area (Å²) in [5.41, 5.74) is 1.88. The van der Waals surface area contributed by atoms with Crippen LogP contribution in [0.1, 0.15) is 51.9 Å². The molecule has 8 nitrogen and oxygen atoms in total. The summed E-state index contributed by atoms with van der Waals surface area (Å²) >= 11 is 7.04. The Morgan fingerprint density at radius 2 is 1.81 bits per heavy atom. The topological polar surface area (TPSA) is 106 Å². The molecule has 192 valence electrons. The number of benzene rings is 2. The van der Waals surface area contributed by atoms with Gasteiger partial charge in [0.25, 0.3) is 5.78 Å². The standard InChI is InChI=1S/C27H25ClN2O6S/c1-5-35-18-11-12-19(14(3)13-18)22(31)20-21(16-7-9-17(28)10-8-16)30(25(33)23(20)32)27-29-15(4)24(37-27)26(34)36-6-2/h7-13,21,31H,5-6H2,1-4H3/t21-/m1/s1. The van der Waals surface area contributed by atoms with Gasteiger partial charge in [-0.2, -0.15) is 0 Å². The number of ketones is 1. The minimum Gasteiger partial charge on any atom is -0.507 e. The monoisotopic (exact) mass is 540 g/mol. The Kier molecular flexibility index (Phi) is 7.65. The number of carbonyl (C=O) groups is 3. The van der Waals surface area contributed by atoms with Crippen molar-refractivity contribution in [3.05, 3.63) is 80.3 Å². The van der Waals surface area contributed by atoms with Gasteiger partial charge in [-0.3, -0.25) is 14.5 Å². The Labute approximate surface area is 223 Å². The van der Waals surface area contributed by atoms with Gasteiger partial charge in [-0.15, -0.1) is 0 Å².